The Kier molecular flexibility index (Phi) is 5.39. The number of sulfonamides is 1. The van der Waals surface area contributed by atoms with Crippen molar-refractivity contribution in [1.82, 2.24) is 9.62 Å². The van der Waals surface area contributed by atoms with E-state index in [2.05, 4.69) is 9.62 Å². The molecule has 2 rings (SSSR count). The van der Waals surface area contributed by atoms with E-state index < -0.39 is 10.0 Å². The zero-order chi connectivity index (χ0) is 14.4. The first-order valence-corrected chi connectivity index (χ1v) is 8.46. The lowest BCUT2D eigenvalue weighted by Crippen LogP contribution is -2.37. The third kappa shape index (κ3) is 4.19. The molecule has 0 radical (unpaired) electrons. The Balaban J connectivity index is 1.86. The van der Waals surface area contributed by atoms with Crippen LogP contribution in [0.15, 0.2) is 29.2 Å². The van der Waals surface area contributed by atoms with Gasteiger partial charge in [-0.1, -0.05) is 6.42 Å². The van der Waals surface area contributed by atoms with Gasteiger partial charge in [0.2, 0.25) is 10.0 Å². The minimum absolute atomic E-state index is 0.275. The van der Waals surface area contributed by atoms with Crippen molar-refractivity contribution in [2.45, 2.75) is 24.2 Å². The van der Waals surface area contributed by atoms with Gasteiger partial charge in [-0.3, -0.25) is 0 Å². The summed E-state index contributed by atoms with van der Waals surface area (Å²) in [5, 5.41) is 0. The molecule has 0 atom stereocenters. The molecule has 0 bridgehead atoms. The van der Waals surface area contributed by atoms with E-state index in [9.17, 15) is 8.42 Å². The van der Waals surface area contributed by atoms with Crippen molar-refractivity contribution in [3.63, 3.8) is 0 Å². The SMILES string of the molecule is COc1ccc(S(=O)(=O)NCCN2CCCCC2)cc1. The first kappa shape index (κ1) is 15.3. The quantitative estimate of drug-likeness (QED) is 0.864. The second kappa shape index (κ2) is 7.06. The van der Waals surface area contributed by atoms with E-state index >= 15 is 0 Å². The fourth-order valence-corrected chi connectivity index (χ4v) is 3.38. The molecule has 1 aliphatic heterocycles. The maximum Gasteiger partial charge on any atom is 0.240 e. The number of hydrogen-bond acceptors (Lipinski definition) is 4. The standard InChI is InChI=1S/C14H22N2O3S/c1-19-13-5-7-14(8-6-13)20(17,18)15-9-12-16-10-3-2-4-11-16/h5-8,15H,2-4,9-12H2,1H3. The second-order valence-electron chi connectivity index (χ2n) is 4.98. The summed E-state index contributed by atoms with van der Waals surface area (Å²) < 4.78 is 31.9. The molecule has 1 fully saturated rings. The molecule has 112 valence electrons. The van der Waals surface area contributed by atoms with Gasteiger partial charge in [0.1, 0.15) is 5.75 Å². The van der Waals surface area contributed by atoms with Crippen LogP contribution in [0.4, 0.5) is 0 Å². The predicted molar refractivity (Wildman–Crippen MR) is 78.5 cm³/mol. The Morgan fingerprint density at radius 1 is 1.15 bits per heavy atom. The van der Waals surface area contributed by atoms with Crippen LogP contribution in [0.1, 0.15) is 19.3 Å². The van der Waals surface area contributed by atoms with E-state index in [4.69, 9.17) is 4.74 Å². The van der Waals surface area contributed by atoms with Crippen LogP contribution in [0.3, 0.4) is 0 Å². The molecule has 1 aromatic rings. The average molecular weight is 298 g/mol. The van der Waals surface area contributed by atoms with Gasteiger partial charge in [0.25, 0.3) is 0 Å². The Hall–Kier alpha value is -1.11. The maximum absolute atomic E-state index is 12.1. The third-order valence-electron chi connectivity index (χ3n) is 3.54. The number of nitrogens with one attached hydrogen (secondary N) is 1. The highest BCUT2D eigenvalue weighted by atomic mass is 32.2. The number of rotatable bonds is 6. The first-order valence-electron chi connectivity index (χ1n) is 6.98. The van der Waals surface area contributed by atoms with Gasteiger partial charge >= 0.3 is 0 Å². The molecule has 0 aromatic heterocycles. The third-order valence-corrected chi connectivity index (χ3v) is 5.02. The summed E-state index contributed by atoms with van der Waals surface area (Å²) in [7, 11) is -1.86. The predicted octanol–water partition coefficient (Wildman–Crippen LogP) is 1.46. The van der Waals surface area contributed by atoms with Gasteiger partial charge < -0.3 is 9.64 Å². The summed E-state index contributed by atoms with van der Waals surface area (Å²) in [6, 6.07) is 6.42. The number of ether oxygens (including phenoxy) is 1. The number of piperidine rings is 1. The smallest absolute Gasteiger partial charge is 0.240 e. The zero-order valence-corrected chi connectivity index (χ0v) is 12.7. The highest BCUT2D eigenvalue weighted by Crippen LogP contribution is 2.15. The van der Waals surface area contributed by atoms with Gasteiger partial charge in [-0.25, -0.2) is 13.1 Å². The van der Waals surface area contributed by atoms with Crippen molar-refractivity contribution in [2.75, 3.05) is 33.3 Å². The molecule has 0 spiro atoms. The molecule has 1 aliphatic rings. The van der Waals surface area contributed by atoms with Gasteiger partial charge in [-0.05, 0) is 50.2 Å². The number of benzene rings is 1. The van der Waals surface area contributed by atoms with Gasteiger partial charge in [0, 0.05) is 13.1 Å². The summed E-state index contributed by atoms with van der Waals surface area (Å²) in [6.45, 7) is 3.37. The van der Waals surface area contributed by atoms with Crippen molar-refractivity contribution in [3.05, 3.63) is 24.3 Å². The van der Waals surface area contributed by atoms with Crippen molar-refractivity contribution in [1.29, 1.82) is 0 Å². The average Bonchev–Trinajstić information content (AvgIpc) is 2.48. The Bertz CT molecular complexity index is 508. The molecule has 1 heterocycles. The van der Waals surface area contributed by atoms with Crippen LogP contribution in [-0.4, -0.2) is 46.6 Å². The van der Waals surface area contributed by atoms with E-state index in [1.54, 1.807) is 31.4 Å². The fraction of sp³-hybridized carbons (Fsp3) is 0.571. The molecule has 0 amide bonds. The summed E-state index contributed by atoms with van der Waals surface area (Å²) in [4.78, 5) is 2.58. The highest BCUT2D eigenvalue weighted by Gasteiger charge is 2.15. The molecule has 1 N–H and O–H groups in total. The molecule has 1 saturated heterocycles. The minimum Gasteiger partial charge on any atom is -0.497 e. The van der Waals surface area contributed by atoms with E-state index in [1.807, 2.05) is 0 Å². The molecule has 6 heteroatoms. The number of hydrogen-bond donors (Lipinski definition) is 1. The maximum atomic E-state index is 12.1. The Labute approximate surface area is 121 Å². The highest BCUT2D eigenvalue weighted by molar-refractivity contribution is 7.89. The van der Waals surface area contributed by atoms with Crippen LogP contribution < -0.4 is 9.46 Å². The number of likely N-dealkylation sites (tertiary alicyclic amines) is 1. The van der Waals surface area contributed by atoms with E-state index in [-0.39, 0.29) is 4.90 Å². The molecule has 0 aliphatic carbocycles. The number of nitrogens with zero attached hydrogens (tertiary/aromatic N) is 1. The van der Waals surface area contributed by atoms with Gasteiger partial charge in [-0.15, -0.1) is 0 Å². The first-order chi connectivity index (χ1) is 9.62. The topological polar surface area (TPSA) is 58.6 Å². The van der Waals surface area contributed by atoms with Crippen molar-refractivity contribution < 1.29 is 13.2 Å². The Morgan fingerprint density at radius 3 is 2.40 bits per heavy atom. The summed E-state index contributed by atoms with van der Waals surface area (Å²) in [6.07, 6.45) is 3.71. The minimum atomic E-state index is -3.42. The van der Waals surface area contributed by atoms with Crippen LogP contribution in [-0.2, 0) is 10.0 Å². The van der Waals surface area contributed by atoms with E-state index in [0.717, 1.165) is 19.6 Å². The summed E-state index contributed by atoms with van der Waals surface area (Å²) >= 11 is 0. The van der Waals surface area contributed by atoms with Gasteiger partial charge in [0.15, 0.2) is 0 Å². The van der Waals surface area contributed by atoms with Crippen molar-refractivity contribution >= 4 is 10.0 Å². The van der Waals surface area contributed by atoms with E-state index in [1.165, 1.54) is 19.3 Å². The fourth-order valence-electron chi connectivity index (χ4n) is 2.36. The van der Waals surface area contributed by atoms with Crippen molar-refractivity contribution in [2.24, 2.45) is 0 Å². The molecular formula is C14H22N2O3S. The summed E-state index contributed by atoms with van der Waals surface area (Å²) in [5.74, 6) is 0.650. The normalized spacial score (nSPS) is 17.1. The van der Waals surface area contributed by atoms with Gasteiger partial charge in [-0.2, -0.15) is 0 Å². The molecule has 5 nitrogen and oxygen atoms in total. The van der Waals surface area contributed by atoms with Crippen LogP contribution in [0.25, 0.3) is 0 Å². The second-order valence-corrected chi connectivity index (χ2v) is 6.74. The Morgan fingerprint density at radius 2 is 1.80 bits per heavy atom. The van der Waals surface area contributed by atoms with Crippen LogP contribution in [0.2, 0.25) is 0 Å². The van der Waals surface area contributed by atoms with Crippen LogP contribution >= 0.6 is 0 Å². The lowest BCUT2D eigenvalue weighted by molar-refractivity contribution is 0.233. The molecule has 0 unspecified atom stereocenters. The lowest BCUT2D eigenvalue weighted by Gasteiger charge is -2.26. The van der Waals surface area contributed by atoms with Crippen LogP contribution in [0, 0.1) is 0 Å². The lowest BCUT2D eigenvalue weighted by atomic mass is 10.1. The monoisotopic (exact) mass is 298 g/mol. The summed E-state index contributed by atoms with van der Waals surface area (Å²) in [5.41, 5.74) is 0. The zero-order valence-electron chi connectivity index (χ0n) is 11.8. The largest absolute Gasteiger partial charge is 0.497 e. The van der Waals surface area contributed by atoms with Crippen LogP contribution in [0.5, 0.6) is 5.75 Å². The number of methoxy groups -OCH3 is 1. The molecule has 20 heavy (non-hydrogen) atoms. The molecule has 0 saturated carbocycles. The molecular weight excluding hydrogens is 276 g/mol. The van der Waals surface area contributed by atoms with Crippen molar-refractivity contribution in [3.8, 4) is 5.75 Å². The van der Waals surface area contributed by atoms with E-state index in [0.29, 0.717) is 12.3 Å². The van der Waals surface area contributed by atoms with Gasteiger partial charge in [0.05, 0.1) is 12.0 Å². The molecule has 1 aromatic carbocycles.